The lowest BCUT2D eigenvalue weighted by atomic mass is 9.85. The molecule has 302 valence electrons. The number of nitrogens with one attached hydrogen (secondary N) is 1. The lowest BCUT2D eigenvalue weighted by Crippen LogP contribution is -2.60. The minimum atomic E-state index is -5.06. The van der Waals surface area contributed by atoms with Gasteiger partial charge in [0.25, 0.3) is 5.91 Å². The third-order valence-electron chi connectivity index (χ3n) is 12.7. The number of hydrogen-bond acceptors (Lipinski definition) is 8. The summed E-state index contributed by atoms with van der Waals surface area (Å²) >= 11 is 1.08. The van der Waals surface area contributed by atoms with Crippen LogP contribution in [-0.4, -0.2) is 109 Å². The highest BCUT2D eigenvalue weighted by molar-refractivity contribution is 7.51. The molecule has 2 saturated carbocycles. The number of alkyl halides is 4. The van der Waals surface area contributed by atoms with Gasteiger partial charge in [0, 0.05) is 53.2 Å². The van der Waals surface area contributed by atoms with Gasteiger partial charge in [0.2, 0.25) is 17.7 Å². The van der Waals surface area contributed by atoms with Crippen molar-refractivity contribution < 1.29 is 51.0 Å². The van der Waals surface area contributed by atoms with E-state index >= 15 is 0 Å². The molecule has 6 atom stereocenters. The van der Waals surface area contributed by atoms with Crippen LogP contribution in [-0.2, 0) is 18.9 Å². The molecule has 2 aliphatic carbocycles. The van der Waals surface area contributed by atoms with Crippen molar-refractivity contribution in [2.45, 2.75) is 124 Å². The van der Waals surface area contributed by atoms with Gasteiger partial charge in [-0.15, -0.1) is 24.5 Å². The molecule has 8 rings (SSSR count). The highest BCUT2D eigenvalue weighted by Crippen LogP contribution is 2.55. The van der Waals surface area contributed by atoms with Crippen LogP contribution in [0.3, 0.4) is 0 Å². The number of benzene rings is 1. The Labute approximate surface area is 324 Å². The fourth-order valence-electron chi connectivity index (χ4n) is 9.50. The molecule has 18 heteroatoms. The molecular formula is C38H44F4N5O7PS. The summed E-state index contributed by atoms with van der Waals surface area (Å²) in [6.45, 7) is 0.521. The standard InChI is InChI=1S/C38H44F4N5O7PS/c1-45(27-16-28(17-27)54-38(40,41)42)25-5-7-29(44-34(48)32-14-23-13-21(4-9-31(23)56-32)33(39)55(51,52)53)35(49)47-26(15-25)6-8-30(47)36(50)46-20-24(18-37(46)10-11-37)22-3-2-12-43-19-22/h2-4,9,12-14,19,24-30,33H,5-8,10-11,15-18,20H2,1H3,(H,44,48)(H2,51,52,53)/t24-,25-,26+,27?,28?,29-,30-,33+/m0/s1. The lowest BCUT2D eigenvalue weighted by molar-refractivity contribution is -0.354. The van der Waals surface area contributed by atoms with Crippen LogP contribution >= 0.6 is 18.9 Å². The monoisotopic (exact) mass is 821 g/mol. The Kier molecular flexibility index (Phi) is 10.3. The number of amides is 3. The molecule has 1 aromatic carbocycles. The average Bonchev–Trinajstić information content (AvgIpc) is 3.43. The van der Waals surface area contributed by atoms with Gasteiger partial charge in [0.15, 0.2) is 0 Å². The summed E-state index contributed by atoms with van der Waals surface area (Å²) in [6.07, 6.45) is 3.14. The smallest absolute Gasteiger partial charge is 0.340 e. The Balaban J connectivity index is 1.04. The Morgan fingerprint density at radius 1 is 1.09 bits per heavy atom. The summed E-state index contributed by atoms with van der Waals surface area (Å²) in [4.78, 5) is 72.0. The number of likely N-dealkylation sites (tertiary alicyclic amines) is 1. The summed E-state index contributed by atoms with van der Waals surface area (Å²) in [5.74, 6) is -3.43. The summed E-state index contributed by atoms with van der Waals surface area (Å²) in [7, 11) is -3.18. The quantitative estimate of drug-likeness (QED) is 0.174. The summed E-state index contributed by atoms with van der Waals surface area (Å²) in [5, 5.41) is 3.31. The van der Waals surface area contributed by atoms with Crippen LogP contribution < -0.4 is 5.32 Å². The van der Waals surface area contributed by atoms with Crippen LogP contribution in [0.25, 0.3) is 10.1 Å². The highest BCUT2D eigenvalue weighted by atomic mass is 32.1. The van der Waals surface area contributed by atoms with E-state index in [1.54, 1.807) is 11.1 Å². The SMILES string of the molecule is CN(C1CC(OC(F)(F)F)C1)[C@H]1CC[C@H](NC(=O)c2cc3cc([C@H](F)P(=O)(O)O)ccc3s2)C(=O)N2[C@H](CC[C@H]2C(=O)N2C[C@@H](c3cccnc3)CC23CC3)C1. The number of halogens is 4. The van der Waals surface area contributed by atoms with Gasteiger partial charge in [-0.25, -0.2) is 4.39 Å². The maximum Gasteiger partial charge on any atom is 0.522 e. The van der Waals surface area contributed by atoms with Crippen LogP contribution in [0.5, 0.6) is 0 Å². The molecule has 0 unspecified atom stereocenters. The number of pyridine rings is 1. The van der Waals surface area contributed by atoms with E-state index in [1.807, 2.05) is 30.3 Å². The Bertz CT molecular complexity index is 2040. The molecule has 3 amide bonds. The van der Waals surface area contributed by atoms with Crippen molar-refractivity contribution in [3.63, 3.8) is 0 Å². The van der Waals surface area contributed by atoms with Crippen molar-refractivity contribution in [3.05, 3.63) is 64.8 Å². The van der Waals surface area contributed by atoms with Crippen molar-refractivity contribution in [1.29, 1.82) is 0 Å². The average molecular weight is 822 g/mol. The molecule has 3 aromatic rings. The first kappa shape index (κ1) is 39.4. The lowest BCUT2D eigenvalue weighted by Gasteiger charge is -2.47. The second-order valence-corrected chi connectivity index (χ2v) is 18.9. The van der Waals surface area contributed by atoms with Crippen LogP contribution in [0.4, 0.5) is 17.6 Å². The largest absolute Gasteiger partial charge is 0.522 e. The van der Waals surface area contributed by atoms with Crippen LogP contribution in [0.2, 0.25) is 0 Å². The van der Waals surface area contributed by atoms with Gasteiger partial charge >= 0.3 is 14.0 Å². The van der Waals surface area contributed by atoms with Crippen LogP contribution in [0, 0.1) is 0 Å². The van der Waals surface area contributed by atoms with E-state index in [9.17, 15) is 46.3 Å². The molecule has 5 heterocycles. The predicted molar refractivity (Wildman–Crippen MR) is 197 cm³/mol. The molecule has 0 radical (unpaired) electrons. The third-order valence-corrected chi connectivity index (χ3v) is 14.7. The van der Waals surface area contributed by atoms with E-state index in [0.29, 0.717) is 42.3 Å². The highest BCUT2D eigenvalue weighted by Gasteiger charge is 2.59. The van der Waals surface area contributed by atoms with Gasteiger partial charge in [-0.05, 0) is 112 Å². The Morgan fingerprint density at radius 3 is 2.54 bits per heavy atom. The van der Waals surface area contributed by atoms with Crippen molar-refractivity contribution in [2.24, 2.45) is 0 Å². The molecule has 1 spiro atoms. The van der Waals surface area contributed by atoms with Gasteiger partial charge in [-0.3, -0.25) is 28.7 Å². The zero-order chi connectivity index (χ0) is 39.7. The first-order valence-corrected chi connectivity index (χ1v) is 21.5. The van der Waals surface area contributed by atoms with Gasteiger partial charge in [0.05, 0.1) is 11.0 Å². The van der Waals surface area contributed by atoms with E-state index in [1.165, 1.54) is 24.3 Å². The number of hydrogen-bond donors (Lipinski definition) is 3. The van der Waals surface area contributed by atoms with E-state index in [2.05, 4.69) is 19.9 Å². The molecule has 3 N–H and O–H groups in total. The minimum Gasteiger partial charge on any atom is -0.340 e. The second kappa shape index (κ2) is 14.7. The molecule has 3 aliphatic heterocycles. The number of aromatic nitrogens is 1. The van der Waals surface area contributed by atoms with Crippen molar-refractivity contribution in [3.8, 4) is 0 Å². The predicted octanol–water partition coefficient (Wildman–Crippen LogP) is 6.00. The van der Waals surface area contributed by atoms with Crippen LogP contribution in [0.1, 0.15) is 96.8 Å². The summed E-state index contributed by atoms with van der Waals surface area (Å²) in [5.41, 5.74) is 0.584. The Morgan fingerprint density at radius 2 is 1.86 bits per heavy atom. The normalized spacial score (nSPS) is 29.6. The maximum absolute atomic E-state index is 14.7. The molecule has 3 saturated heterocycles. The van der Waals surface area contributed by atoms with Crippen molar-refractivity contribution >= 4 is 46.7 Å². The number of fused-ring (bicyclic) bond motifs is 2. The molecule has 56 heavy (non-hydrogen) atoms. The maximum atomic E-state index is 14.7. The number of ether oxygens (including phenoxy) is 1. The van der Waals surface area contributed by atoms with Gasteiger partial charge < -0.3 is 29.8 Å². The van der Waals surface area contributed by atoms with Crippen molar-refractivity contribution in [1.82, 2.24) is 25.0 Å². The van der Waals surface area contributed by atoms with Gasteiger partial charge in [-0.2, -0.15) is 0 Å². The van der Waals surface area contributed by atoms with E-state index in [0.717, 1.165) is 36.2 Å². The third kappa shape index (κ3) is 7.74. The van der Waals surface area contributed by atoms with E-state index in [-0.39, 0.29) is 71.1 Å². The van der Waals surface area contributed by atoms with E-state index < -0.39 is 44.0 Å². The topological polar surface area (TPSA) is 153 Å². The molecular weight excluding hydrogens is 777 g/mol. The van der Waals surface area contributed by atoms with Crippen molar-refractivity contribution in [2.75, 3.05) is 13.6 Å². The molecule has 5 fully saturated rings. The fraction of sp³-hybridized carbons (Fsp3) is 0.579. The molecule has 2 aromatic heterocycles. The van der Waals surface area contributed by atoms with Crippen LogP contribution in [0.15, 0.2) is 48.8 Å². The Hall–Kier alpha value is -3.47. The zero-order valence-corrected chi connectivity index (χ0v) is 32.3. The second-order valence-electron chi connectivity index (χ2n) is 16.2. The number of nitrogens with zero attached hydrogens (tertiary/aromatic N) is 4. The first-order valence-electron chi connectivity index (χ1n) is 19.0. The zero-order valence-electron chi connectivity index (χ0n) is 30.6. The molecule has 5 aliphatic rings. The first-order chi connectivity index (χ1) is 26.5. The number of carbonyl (C=O) groups is 3. The number of carbonyl (C=O) groups excluding carboxylic acids is 3. The van der Waals surface area contributed by atoms with Gasteiger partial charge in [-0.1, -0.05) is 12.1 Å². The summed E-state index contributed by atoms with van der Waals surface area (Å²) in [6, 6.07) is 7.02. The fourth-order valence-corrected chi connectivity index (χ4v) is 11.0. The summed E-state index contributed by atoms with van der Waals surface area (Å²) < 4.78 is 69.6. The van der Waals surface area contributed by atoms with Gasteiger partial charge in [0.1, 0.15) is 12.1 Å². The number of thiophene rings is 1. The van der Waals surface area contributed by atoms with E-state index in [4.69, 9.17) is 0 Å². The molecule has 12 nitrogen and oxygen atoms in total. The minimum absolute atomic E-state index is 0.104. The number of rotatable bonds is 9. The molecule has 0 bridgehead atoms.